The maximum Gasteiger partial charge on any atom is 0.337 e. The van der Waals surface area contributed by atoms with Gasteiger partial charge < -0.3 is 10.1 Å². The highest BCUT2D eigenvalue weighted by atomic mass is 16.4. The predicted octanol–water partition coefficient (Wildman–Crippen LogP) is 3.45. The number of imidazole rings is 1. The third-order valence-corrected chi connectivity index (χ3v) is 4.29. The fraction of sp³-hybridized carbons (Fsp3) is 0. The zero-order valence-corrected chi connectivity index (χ0v) is 14.9. The van der Waals surface area contributed by atoms with E-state index in [1.165, 1.54) is 12.3 Å². The number of aromatic carboxylic acids is 1. The van der Waals surface area contributed by atoms with E-state index in [4.69, 9.17) is 5.26 Å². The number of para-hydroxylation sites is 1. The number of benzene rings is 2. The molecule has 140 valence electrons. The molecule has 2 aromatic heterocycles. The summed E-state index contributed by atoms with van der Waals surface area (Å²) in [6, 6.07) is 17.1. The highest BCUT2D eigenvalue weighted by molar-refractivity contribution is 6.05. The van der Waals surface area contributed by atoms with Gasteiger partial charge in [0.1, 0.15) is 5.52 Å². The van der Waals surface area contributed by atoms with E-state index in [-0.39, 0.29) is 17.0 Å². The van der Waals surface area contributed by atoms with Crippen LogP contribution < -0.4 is 5.32 Å². The highest BCUT2D eigenvalue weighted by Gasteiger charge is 2.15. The van der Waals surface area contributed by atoms with Crippen molar-refractivity contribution < 1.29 is 14.7 Å². The number of rotatable bonds is 4. The van der Waals surface area contributed by atoms with Crippen molar-refractivity contribution in [2.24, 2.45) is 0 Å². The first kappa shape index (κ1) is 17.9. The third kappa shape index (κ3) is 3.52. The topological polar surface area (TPSA) is 132 Å². The van der Waals surface area contributed by atoms with Gasteiger partial charge in [-0.15, -0.1) is 0 Å². The maximum atomic E-state index is 12.5. The molecule has 0 saturated carbocycles. The molecule has 8 nitrogen and oxygen atoms in total. The quantitative estimate of drug-likeness (QED) is 0.494. The lowest BCUT2D eigenvalue weighted by Gasteiger charge is -2.04. The van der Waals surface area contributed by atoms with Gasteiger partial charge in [-0.3, -0.25) is 15.1 Å². The molecular weight excluding hydrogens is 370 g/mol. The Kier molecular flexibility index (Phi) is 4.47. The zero-order valence-electron chi connectivity index (χ0n) is 14.9. The number of aromatic nitrogens is 3. The second-order valence-electron chi connectivity index (χ2n) is 6.17. The number of pyridine rings is 1. The van der Waals surface area contributed by atoms with Crippen molar-refractivity contribution in [3.05, 3.63) is 77.5 Å². The van der Waals surface area contributed by atoms with Gasteiger partial charge >= 0.3 is 5.97 Å². The van der Waals surface area contributed by atoms with E-state index in [0.717, 1.165) is 5.56 Å². The minimum Gasteiger partial charge on any atom is -0.478 e. The molecule has 0 aliphatic rings. The van der Waals surface area contributed by atoms with Gasteiger partial charge in [0.2, 0.25) is 5.95 Å². The van der Waals surface area contributed by atoms with E-state index in [1.807, 2.05) is 6.07 Å². The minimum absolute atomic E-state index is 0.0462. The van der Waals surface area contributed by atoms with Crippen molar-refractivity contribution in [2.75, 3.05) is 5.32 Å². The lowest BCUT2D eigenvalue weighted by Crippen LogP contribution is -2.13. The number of fused-ring (bicyclic) bond motifs is 1. The molecule has 0 radical (unpaired) electrons. The summed E-state index contributed by atoms with van der Waals surface area (Å²) in [7, 11) is 0. The van der Waals surface area contributed by atoms with Crippen LogP contribution >= 0.6 is 0 Å². The SMILES string of the molecule is N#Cc1cccc(-c2ccc(C(=O)Nc3nc4c(C(=O)O)cccc4[nH]3)cn2)c1. The predicted molar refractivity (Wildman–Crippen MR) is 105 cm³/mol. The molecule has 4 rings (SSSR count). The summed E-state index contributed by atoms with van der Waals surface area (Å²) in [5, 5.41) is 20.8. The molecule has 2 aromatic carbocycles. The van der Waals surface area contributed by atoms with Crippen molar-refractivity contribution in [3.8, 4) is 17.3 Å². The molecule has 2 heterocycles. The number of anilines is 1. The second-order valence-corrected chi connectivity index (χ2v) is 6.17. The lowest BCUT2D eigenvalue weighted by atomic mass is 10.1. The van der Waals surface area contributed by atoms with Gasteiger partial charge in [0.25, 0.3) is 5.91 Å². The molecular formula is C21H13N5O3. The minimum atomic E-state index is -1.10. The Bertz CT molecular complexity index is 1290. The van der Waals surface area contributed by atoms with Gasteiger partial charge in [0, 0.05) is 11.8 Å². The molecule has 0 aliphatic heterocycles. The van der Waals surface area contributed by atoms with Crippen molar-refractivity contribution in [2.45, 2.75) is 0 Å². The maximum absolute atomic E-state index is 12.5. The van der Waals surface area contributed by atoms with Gasteiger partial charge in [-0.1, -0.05) is 18.2 Å². The first-order valence-corrected chi connectivity index (χ1v) is 8.55. The summed E-state index contributed by atoms with van der Waals surface area (Å²) in [4.78, 5) is 35.1. The second kappa shape index (κ2) is 7.25. The number of carbonyl (C=O) groups is 2. The van der Waals surface area contributed by atoms with Crippen molar-refractivity contribution in [3.63, 3.8) is 0 Å². The van der Waals surface area contributed by atoms with E-state index < -0.39 is 11.9 Å². The van der Waals surface area contributed by atoms with Gasteiger partial charge in [-0.25, -0.2) is 9.78 Å². The molecule has 0 fully saturated rings. The van der Waals surface area contributed by atoms with Crippen LogP contribution in [0.5, 0.6) is 0 Å². The van der Waals surface area contributed by atoms with Gasteiger partial charge in [0.15, 0.2) is 0 Å². The van der Waals surface area contributed by atoms with Gasteiger partial charge in [-0.05, 0) is 36.4 Å². The Hall–Kier alpha value is -4.51. The van der Waals surface area contributed by atoms with Crippen LogP contribution in [-0.4, -0.2) is 31.9 Å². The van der Waals surface area contributed by atoms with Crippen LogP contribution in [0, 0.1) is 11.3 Å². The largest absolute Gasteiger partial charge is 0.478 e. The Morgan fingerprint density at radius 2 is 1.93 bits per heavy atom. The molecule has 0 aliphatic carbocycles. The normalized spacial score (nSPS) is 10.4. The Morgan fingerprint density at radius 1 is 1.10 bits per heavy atom. The third-order valence-electron chi connectivity index (χ3n) is 4.29. The molecule has 4 aromatic rings. The number of nitrogens with one attached hydrogen (secondary N) is 2. The number of H-pyrrole nitrogens is 1. The van der Waals surface area contributed by atoms with Crippen LogP contribution in [0.25, 0.3) is 22.3 Å². The van der Waals surface area contributed by atoms with Crippen LogP contribution in [0.15, 0.2) is 60.8 Å². The van der Waals surface area contributed by atoms with E-state index >= 15 is 0 Å². The number of carboxylic acid groups (broad SMARTS) is 1. The number of aromatic amines is 1. The Morgan fingerprint density at radius 3 is 2.66 bits per heavy atom. The van der Waals surface area contributed by atoms with Crippen LogP contribution in [0.2, 0.25) is 0 Å². The first-order valence-electron chi connectivity index (χ1n) is 8.55. The van der Waals surface area contributed by atoms with Gasteiger partial charge in [-0.2, -0.15) is 5.26 Å². The summed E-state index contributed by atoms with van der Waals surface area (Å²) in [5.41, 5.74) is 3.06. The number of nitrogens with zero attached hydrogens (tertiary/aromatic N) is 3. The average Bonchev–Trinajstić information content (AvgIpc) is 3.16. The molecule has 0 bridgehead atoms. The molecule has 29 heavy (non-hydrogen) atoms. The van der Waals surface area contributed by atoms with Crippen LogP contribution in [-0.2, 0) is 0 Å². The molecule has 0 atom stereocenters. The molecule has 0 unspecified atom stereocenters. The van der Waals surface area contributed by atoms with Crippen molar-refractivity contribution >= 4 is 28.9 Å². The summed E-state index contributed by atoms with van der Waals surface area (Å²) < 4.78 is 0. The molecule has 0 saturated heterocycles. The molecule has 0 spiro atoms. The van der Waals surface area contributed by atoms with E-state index in [9.17, 15) is 14.7 Å². The smallest absolute Gasteiger partial charge is 0.337 e. The zero-order chi connectivity index (χ0) is 20.4. The Balaban J connectivity index is 1.56. The monoisotopic (exact) mass is 383 g/mol. The number of carbonyl (C=O) groups excluding carboxylic acids is 1. The number of hydrogen-bond donors (Lipinski definition) is 3. The fourth-order valence-electron chi connectivity index (χ4n) is 2.89. The average molecular weight is 383 g/mol. The molecule has 1 amide bonds. The van der Waals surface area contributed by atoms with E-state index in [2.05, 4.69) is 26.3 Å². The Labute approximate surface area is 164 Å². The molecule has 8 heteroatoms. The lowest BCUT2D eigenvalue weighted by molar-refractivity contribution is 0.0698. The summed E-state index contributed by atoms with van der Waals surface area (Å²) in [6.07, 6.45) is 1.43. The first-order chi connectivity index (χ1) is 14.0. The van der Waals surface area contributed by atoms with Gasteiger partial charge in [0.05, 0.1) is 34.0 Å². The number of nitriles is 1. The van der Waals surface area contributed by atoms with Crippen LogP contribution in [0.3, 0.4) is 0 Å². The van der Waals surface area contributed by atoms with Crippen molar-refractivity contribution in [1.29, 1.82) is 5.26 Å². The van der Waals surface area contributed by atoms with Crippen LogP contribution in [0.1, 0.15) is 26.3 Å². The number of amides is 1. The van der Waals surface area contributed by atoms with Crippen molar-refractivity contribution in [1.82, 2.24) is 15.0 Å². The number of hydrogen-bond acceptors (Lipinski definition) is 5. The van der Waals surface area contributed by atoms with Crippen LogP contribution in [0.4, 0.5) is 5.95 Å². The highest BCUT2D eigenvalue weighted by Crippen LogP contribution is 2.20. The number of carboxylic acids is 1. The van der Waals surface area contributed by atoms with E-state index in [0.29, 0.717) is 22.3 Å². The summed E-state index contributed by atoms with van der Waals surface area (Å²) >= 11 is 0. The fourth-order valence-corrected chi connectivity index (χ4v) is 2.89. The molecule has 3 N–H and O–H groups in total. The van der Waals surface area contributed by atoms with E-state index in [1.54, 1.807) is 42.5 Å². The summed E-state index contributed by atoms with van der Waals surface area (Å²) in [5.74, 6) is -1.39. The summed E-state index contributed by atoms with van der Waals surface area (Å²) in [6.45, 7) is 0. The standard InChI is InChI=1S/C21H13N5O3/c22-10-12-3-1-4-13(9-12)16-8-7-14(11-23-16)19(27)26-21-24-17-6-2-5-15(20(28)29)18(17)25-21/h1-9,11H,(H,28,29)(H2,24,25,26,27).